The smallest absolute Gasteiger partial charge is 0.387 e. The predicted molar refractivity (Wildman–Crippen MR) is 87.3 cm³/mol. The van der Waals surface area contributed by atoms with Gasteiger partial charge in [-0.15, -0.1) is 0 Å². The summed E-state index contributed by atoms with van der Waals surface area (Å²) in [5.41, 5.74) is 0.967. The molecule has 0 radical (unpaired) electrons. The van der Waals surface area contributed by atoms with E-state index < -0.39 is 12.5 Å². The van der Waals surface area contributed by atoms with Crippen LogP contribution in [0.15, 0.2) is 46.9 Å². The number of halogens is 3. The summed E-state index contributed by atoms with van der Waals surface area (Å²) in [6.45, 7) is -3.38. The van der Waals surface area contributed by atoms with Gasteiger partial charge in [0, 0.05) is 15.7 Å². The highest BCUT2D eigenvalue weighted by Crippen LogP contribution is 2.23. The van der Waals surface area contributed by atoms with E-state index in [0.717, 1.165) is 4.47 Å². The Kier molecular flexibility index (Phi) is 6.51. The number of carbonyl (C=O) groups excluding carboxylic acids is 1. The average molecular weight is 402 g/mol. The summed E-state index contributed by atoms with van der Waals surface area (Å²) in [5.74, 6) is -0.0254. The number of aliphatic hydroxyl groups excluding tert-OH is 1. The molecule has 0 unspecified atom stereocenters. The number of anilines is 1. The molecule has 0 aliphatic rings. The van der Waals surface area contributed by atoms with Gasteiger partial charge >= 0.3 is 6.61 Å². The van der Waals surface area contributed by atoms with Gasteiger partial charge in [0.25, 0.3) is 5.91 Å². The molecular formula is C16H14BrF2NO4. The number of aliphatic hydroxyl groups is 1. The zero-order valence-corrected chi connectivity index (χ0v) is 13.9. The van der Waals surface area contributed by atoms with E-state index in [9.17, 15) is 18.7 Å². The maximum atomic E-state index is 12.1. The fourth-order valence-corrected chi connectivity index (χ4v) is 2.28. The molecule has 0 saturated carbocycles. The molecule has 5 nitrogen and oxygen atoms in total. The van der Waals surface area contributed by atoms with E-state index in [2.05, 4.69) is 26.0 Å². The number of hydrogen-bond donors (Lipinski definition) is 2. The summed E-state index contributed by atoms with van der Waals surface area (Å²) in [4.78, 5) is 11.9. The molecule has 0 aromatic heterocycles. The van der Waals surface area contributed by atoms with Crippen LogP contribution in [0.5, 0.6) is 11.5 Å². The fourth-order valence-electron chi connectivity index (χ4n) is 1.87. The molecule has 0 spiro atoms. The second kappa shape index (κ2) is 8.60. The topological polar surface area (TPSA) is 67.8 Å². The van der Waals surface area contributed by atoms with Crippen LogP contribution in [0.2, 0.25) is 0 Å². The molecule has 2 rings (SSSR count). The van der Waals surface area contributed by atoms with E-state index >= 15 is 0 Å². The Balaban J connectivity index is 1.89. The first-order valence-electron chi connectivity index (χ1n) is 6.84. The molecule has 0 fully saturated rings. The lowest BCUT2D eigenvalue weighted by Gasteiger charge is -2.11. The lowest BCUT2D eigenvalue weighted by atomic mass is 10.2. The molecule has 2 aromatic carbocycles. The summed E-state index contributed by atoms with van der Waals surface area (Å²) >= 11 is 3.28. The van der Waals surface area contributed by atoms with Gasteiger partial charge in [-0.3, -0.25) is 4.79 Å². The number of nitrogens with one attached hydrogen (secondary N) is 1. The predicted octanol–water partition coefficient (Wildman–Crippen LogP) is 3.56. The van der Waals surface area contributed by atoms with Crippen molar-refractivity contribution in [1.82, 2.24) is 0 Å². The minimum atomic E-state index is -2.90. The van der Waals surface area contributed by atoms with Crippen molar-refractivity contribution in [2.45, 2.75) is 13.2 Å². The fraction of sp³-hybridized carbons (Fsp3) is 0.188. The molecule has 8 heteroatoms. The van der Waals surface area contributed by atoms with Crippen LogP contribution in [0, 0.1) is 0 Å². The molecular weight excluding hydrogens is 388 g/mol. The molecule has 2 aromatic rings. The van der Waals surface area contributed by atoms with E-state index in [-0.39, 0.29) is 19.0 Å². The molecule has 0 aliphatic heterocycles. The lowest BCUT2D eigenvalue weighted by Crippen LogP contribution is -2.20. The van der Waals surface area contributed by atoms with Gasteiger partial charge in [-0.05, 0) is 42.5 Å². The first-order chi connectivity index (χ1) is 11.5. The zero-order valence-electron chi connectivity index (χ0n) is 12.3. The SMILES string of the molecule is O=C(COc1ccc(Br)cc1CO)Nc1ccc(OC(F)F)cc1. The third-order valence-corrected chi connectivity index (χ3v) is 3.41. The van der Waals surface area contributed by atoms with Crippen LogP contribution in [-0.4, -0.2) is 24.2 Å². The van der Waals surface area contributed by atoms with E-state index in [1.165, 1.54) is 24.3 Å². The second-order valence-corrected chi connectivity index (χ2v) is 5.57. The zero-order chi connectivity index (χ0) is 17.5. The van der Waals surface area contributed by atoms with Crippen LogP contribution >= 0.6 is 15.9 Å². The summed E-state index contributed by atoms with van der Waals surface area (Å²) in [5, 5.41) is 11.8. The number of amides is 1. The Hall–Kier alpha value is -2.19. The Morgan fingerprint density at radius 3 is 2.54 bits per heavy atom. The van der Waals surface area contributed by atoms with Gasteiger partial charge in [0.15, 0.2) is 6.61 Å². The number of rotatable bonds is 7. The van der Waals surface area contributed by atoms with Crippen molar-refractivity contribution >= 4 is 27.5 Å². The van der Waals surface area contributed by atoms with Gasteiger partial charge in [0.2, 0.25) is 0 Å². The normalized spacial score (nSPS) is 10.5. The highest BCUT2D eigenvalue weighted by atomic mass is 79.9. The maximum Gasteiger partial charge on any atom is 0.387 e. The summed E-state index contributed by atoms with van der Waals surface area (Å²) in [6.07, 6.45) is 0. The third-order valence-electron chi connectivity index (χ3n) is 2.91. The van der Waals surface area contributed by atoms with E-state index in [4.69, 9.17) is 4.74 Å². The minimum absolute atomic E-state index is 0.00157. The van der Waals surface area contributed by atoms with Crippen LogP contribution < -0.4 is 14.8 Å². The average Bonchev–Trinajstić information content (AvgIpc) is 2.55. The van der Waals surface area contributed by atoms with Gasteiger partial charge in [0.05, 0.1) is 6.61 Å². The van der Waals surface area contributed by atoms with Crippen molar-refractivity contribution in [3.8, 4) is 11.5 Å². The molecule has 2 N–H and O–H groups in total. The monoisotopic (exact) mass is 401 g/mol. The van der Waals surface area contributed by atoms with Crippen molar-refractivity contribution in [3.05, 3.63) is 52.5 Å². The quantitative estimate of drug-likeness (QED) is 0.744. The molecule has 0 atom stereocenters. The highest BCUT2D eigenvalue weighted by molar-refractivity contribution is 9.10. The van der Waals surface area contributed by atoms with Crippen molar-refractivity contribution in [1.29, 1.82) is 0 Å². The van der Waals surface area contributed by atoms with Crippen LogP contribution in [-0.2, 0) is 11.4 Å². The van der Waals surface area contributed by atoms with Crippen molar-refractivity contribution in [3.63, 3.8) is 0 Å². The largest absolute Gasteiger partial charge is 0.483 e. The molecule has 0 saturated heterocycles. The van der Waals surface area contributed by atoms with Crippen LogP contribution in [0.25, 0.3) is 0 Å². The van der Waals surface area contributed by atoms with Crippen molar-refractivity contribution in [2.24, 2.45) is 0 Å². The molecule has 0 heterocycles. The van der Waals surface area contributed by atoms with E-state index in [1.54, 1.807) is 18.2 Å². The first-order valence-corrected chi connectivity index (χ1v) is 7.64. The summed E-state index contributed by atoms with van der Waals surface area (Å²) < 4.78 is 34.5. The molecule has 24 heavy (non-hydrogen) atoms. The van der Waals surface area contributed by atoms with E-state index in [0.29, 0.717) is 17.0 Å². The standard InChI is InChI=1S/C16H14BrF2NO4/c17-11-1-6-14(10(7-11)8-21)23-9-15(22)20-12-2-4-13(5-3-12)24-16(18)19/h1-7,16,21H,8-9H2,(H,20,22). The second-order valence-electron chi connectivity index (χ2n) is 4.65. The van der Waals surface area contributed by atoms with Gasteiger partial charge in [-0.25, -0.2) is 0 Å². The van der Waals surface area contributed by atoms with Gasteiger partial charge in [0.1, 0.15) is 11.5 Å². The number of benzene rings is 2. The maximum absolute atomic E-state index is 12.1. The molecule has 128 valence electrons. The van der Waals surface area contributed by atoms with Crippen LogP contribution in [0.4, 0.5) is 14.5 Å². The Labute approximate surface area is 145 Å². The number of alkyl halides is 2. The first kappa shape index (κ1) is 18.2. The summed E-state index contributed by atoms with van der Waals surface area (Å²) in [7, 11) is 0. The van der Waals surface area contributed by atoms with Crippen molar-refractivity contribution in [2.75, 3.05) is 11.9 Å². The number of hydrogen-bond acceptors (Lipinski definition) is 4. The Morgan fingerprint density at radius 1 is 1.21 bits per heavy atom. The molecule has 0 bridgehead atoms. The third kappa shape index (κ3) is 5.47. The van der Waals surface area contributed by atoms with Gasteiger partial charge < -0.3 is 19.9 Å². The van der Waals surface area contributed by atoms with Crippen LogP contribution in [0.1, 0.15) is 5.56 Å². The van der Waals surface area contributed by atoms with Gasteiger partial charge in [-0.1, -0.05) is 15.9 Å². The minimum Gasteiger partial charge on any atom is -0.483 e. The summed E-state index contributed by atoms with van der Waals surface area (Å²) in [6, 6.07) is 10.6. The molecule has 0 aliphatic carbocycles. The van der Waals surface area contributed by atoms with Crippen molar-refractivity contribution < 1.29 is 28.2 Å². The van der Waals surface area contributed by atoms with Gasteiger partial charge in [-0.2, -0.15) is 8.78 Å². The Morgan fingerprint density at radius 2 is 1.92 bits per heavy atom. The number of ether oxygens (including phenoxy) is 2. The molecule has 1 amide bonds. The van der Waals surface area contributed by atoms with E-state index in [1.807, 2.05) is 0 Å². The van der Waals surface area contributed by atoms with Crippen LogP contribution in [0.3, 0.4) is 0 Å². The highest BCUT2D eigenvalue weighted by Gasteiger charge is 2.08. The number of carbonyl (C=O) groups is 1. The lowest BCUT2D eigenvalue weighted by molar-refractivity contribution is -0.118. The Bertz CT molecular complexity index is 695.